The average molecular weight is 421 g/mol. The van der Waals surface area contributed by atoms with Crippen molar-refractivity contribution in [3.05, 3.63) is 39.9 Å². The second-order valence-electron chi connectivity index (χ2n) is 7.81. The van der Waals surface area contributed by atoms with Crippen molar-refractivity contribution in [1.29, 1.82) is 0 Å². The first-order chi connectivity index (χ1) is 13.8. The van der Waals surface area contributed by atoms with Crippen molar-refractivity contribution in [3.63, 3.8) is 0 Å². The summed E-state index contributed by atoms with van der Waals surface area (Å²) in [7, 11) is 0. The molecule has 0 atom stereocenters. The monoisotopic (exact) mass is 421 g/mol. The number of nitro groups is 1. The molecule has 0 aromatic heterocycles. The maximum absolute atomic E-state index is 12.7. The lowest BCUT2D eigenvalue weighted by Gasteiger charge is -2.40. The zero-order valence-electron chi connectivity index (χ0n) is 16.6. The van der Waals surface area contributed by atoms with Gasteiger partial charge < -0.3 is 18.9 Å². The molecule has 160 valence electrons. The molecule has 11 heteroatoms. The number of nitro benzene ring substituents is 1. The summed E-state index contributed by atoms with van der Waals surface area (Å²) in [5, 5.41) is 10.9. The number of non-ortho nitro benzene ring substituents is 1. The van der Waals surface area contributed by atoms with Crippen molar-refractivity contribution in [1.82, 2.24) is 0 Å². The Hall–Kier alpha value is -3.50. The topological polar surface area (TPSA) is 148 Å². The van der Waals surface area contributed by atoms with Crippen LogP contribution in [0.25, 0.3) is 0 Å². The van der Waals surface area contributed by atoms with Crippen molar-refractivity contribution in [2.45, 2.75) is 45.2 Å². The predicted molar refractivity (Wildman–Crippen MR) is 95.3 cm³/mol. The van der Waals surface area contributed by atoms with E-state index < -0.39 is 58.1 Å². The largest absolute Gasteiger partial charge is 0.422 e. The molecule has 0 radical (unpaired) electrons. The van der Waals surface area contributed by atoms with Gasteiger partial charge in [0.05, 0.1) is 4.92 Å². The van der Waals surface area contributed by atoms with Gasteiger partial charge in [-0.15, -0.1) is 0 Å². The van der Waals surface area contributed by atoms with Crippen LogP contribution in [0.2, 0.25) is 0 Å². The Morgan fingerprint density at radius 3 is 1.40 bits per heavy atom. The summed E-state index contributed by atoms with van der Waals surface area (Å²) in [6, 6.07) is 4.72. The van der Waals surface area contributed by atoms with Gasteiger partial charge >= 0.3 is 23.9 Å². The molecule has 11 nitrogen and oxygen atoms in total. The molecule has 1 aromatic carbocycles. The Kier molecular flexibility index (Phi) is 5.01. The van der Waals surface area contributed by atoms with Gasteiger partial charge in [0, 0.05) is 45.7 Å². The number of carbonyl (C=O) groups is 4. The summed E-state index contributed by atoms with van der Waals surface area (Å²) in [5.74, 6) is -11.9. The maximum atomic E-state index is 12.7. The molecular weight excluding hydrogens is 402 g/mol. The number of hydrogen-bond donors (Lipinski definition) is 0. The van der Waals surface area contributed by atoms with E-state index in [4.69, 9.17) is 18.9 Å². The second-order valence-corrected chi connectivity index (χ2v) is 7.81. The van der Waals surface area contributed by atoms with E-state index in [-0.39, 0.29) is 11.3 Å². The quantitative estimate of drug-likeness (QED) is 0.303. The summed E-state index contributed by atoms with van der Waals surface area (Å²) < 4.78 is 20.5. The lowest BCUT2D eigenvalue weighted by molar-refractivity contribution is -0.384. The Balaban J connectivity index is 2.09. The van der Waals surface area contributed by atoms with Gasteiger partial charge in [-0.1, -0.05) is 12.1 Å². The van der Waals surface area contributed by atoms with E-state index in [1.54, 1.807) is 0 Å². The predicted octanol–water partition coefficient (Wildman–Crippen LogP) is 1.58. The van der Waals surface area contributed by atoms with Crippen LogP contribution in [0.1, 0.15) is 39.2 Å². The van der Waals surface area contributed by atoms with E-state index in [1.807, 2.05) is 0 Å². The number of ether oxygens (including phenoxy) is 4. The molecule has 2 fully saturated rings. The Morgan fingerprint density at radius 1 is 0.767 bits per heavy atom. The molecule has 30 heavy (non-hydrogen) atoms. The van der Waals surface area contributed by atoms with Crippen molar-refractivity contribution in [2.24, 2.45) is 11.8 Å². The molecule has 3 rings (SSSR count). The minimum atomic E-state index is -1.69. The molecule has 0 amide bonds. The van der Waals surface area contributed by atoms with E-state index in [9.17, 15) is 29.3 Å². The van der Waals surface area contributed by atoms with Crippen LogP contribution in [0.4, 0.5) is 5.69 Å². The van der Waals surface area contributed by atoms with Crippen LogP contribution in [0.5, 0.6) is 0 Å². The fraction of sp³-hybridized carbons (Fsp3) is 0.474. The van der Waals surface area contributed by atoms with Crippen molar-refractivity contribution >= 4 is 29.6 Å². The number of cyclic esters (lactones) is 4. The molecule has 2 aliphatic heterocycles. The van der Waals surface area contributed by atoms with Crippen LogP contribution in [0.3, 0.4) is 0 Å². The van der Waals surface area contributed by atoms with Gasteiger partial charge in [0.25, 0.3) is 17.3 Å². The van der Waals surface area contributed by atoms with Crippen LogP contribution >= 0.6 is 0 Å². The van der Waals surface area contributed by atoms with Gasteiger partial charge in [-0.3, -0.25) is 29.3 Å². The lowest BCUT2D eigenvalue weighted by Crippen LogP contribution is -2.54. The minimum absolute atomic E-state index is 0.123. The van der Waals surface area contributed by atoms with Crippen molar-refractivity contribution in [3.8, 4) is 0 Å². The highest BCUT2D eigenvalue weighted by atomic mass is 16.8. The SMILES string of the molecule is CC1(C)OC(=O)C(C(c2ccc([N+](=O)[O-])cc2)C2C(=O)OC(C)(C)OC2=O)C(=O)O1. The van der Waals surface area contributed by atoms with E-state index >= 15 is 0 Å². The minimum Gasteiger partial charge on any atom is -0.422 e. The molecule has 0 spiro atoms. The van der Waals surface area contributed by atoms with Crippen LogP contribution in [-0.2, 0) is 38.1 Å². The molecule has 2 aliphatic rings. The van der Waals surface area contributed by atoms with Gasteiger partial charge in [-0.05, 0) is 5.56 Å². The maximum Gasteiger partial charge on any atom is 0.324 e. The molecule has 0 bridgehead atoms. The molecular formula is C19H19NO10. The molecule has 1 aromatic rings. The Bertz CT molecular complexity index is 845. The lowest BCUT2D eigenvalue weighted by atomic mass is 9.75. The zero-order chi connectivity index (χ0) is 22.4. The highest BCUT2D eigenvalue weighted by Crippen LogP contribution is 2.42. The third kappa shape index (κ3) is 3.95. The Morgan fingerprint density at radius 2 is 1.10 bits per heavy atom. The number of benzene rings is 1. The number of rotatable bonds is 4. The number of hydrogen-bond acceptors (Lipinski definition) is 10. The first-order valence-electron chi connectivity index (χ1n) is 8.97. The van der Waals surface area contributed by atoms with Crippen molar-refractivity contribution in [2.75, 3.05) is 0 Å². The summed E-state index contributed by atoms with van der Waals surface area (Å²) in [6.45, 7) is 5.41. The fourth-order valence-electron chi connectivity index (χ4n) is 3.44. The Labute approximate surface area is 170 Å². The van der Waals surface area contributed by atoms with Crippen LogP contribution in [0.15, 0.2) is 24.3 Å². The second kappa shape index (κ2) is 7.08. The van der Waals surface area contributed by atoms with E-state index in [2.05, 4.69) is 0 Å². The smallest absolute Gasteiger partial charge is 0.324 e. The third-order valence-corrected chi connectivity index (χ3v) is 4.61. The molecule has 0 unspecified atom stereocenters. The first kappa shape index (κ1) is 21.2. The number of carbonyl (C=O) groups excluding carboxylic acids is 4. The normalized spacial score (nSPS) is 21.5. The molecule has 2 heterocycles. The van der Waals surface area contributed by atoms with Crippen molar-refractivity contribution < 1.29 is 43.0 Å². The van der Waals surface area contributed by atoms with Gasteiger partial charge in [-0.2, -0.15) is 0 Å². The van der Waals surface area contributed by atoms with Crippen LogP contribution in [-0.4, -0.2) is 40.4 Å². The van der Waals surface area contributed by atoms with Gasteiger partial charge in [0.2, 0.25) is 0 Å². The third-order valence-electron chi connectivity index (χ3n) is 4.61. The first-order valence-corrected chi connectivity index (χ1v) is 8.97. The van der Waals surface area contributed by atoms with Gasteiger partial charge in [0.15, 0.2) is 11.8 Å². The molecule has 0 saturated carbocycles. The molecule has 2 saturated heterocycles. The highest BCUT2D eigenvalue weighted by molar-refractivity contribution is 6.03. The van der Waals surface area contributed by atoms with E-state index in [1.165, 1.54) is 39.8 Å². The van der Waals surface area contributed by atoms with E-state index in [0.717, 1.165) is 12.1 Å². The molecule has 0 aliphatic carbocycles. The van der Waals surface area contributed by atoms with Crippen LogP contribution < -0.4 is 0 Å². The van der Waals surface area contributed by atoms with E-state index in [0.29, 0.717) is 0 Å². The standard InChI is InChI=1S/C19H19NO10/c1-18(2)27-14(21)12(15(22)28-18)11(9-5-7-10(8-6-9)20(25)26)13-16(23)29-19(3,4)30-17(13)24/h5-8,11-13H,1-4H3. The number of esters is 4. The molecule has 0 N–H and O–H groups in total. The van der Waals surface area contributed by atoms with Gasteiger partial charge in [-0.25, -0.2) is 0 Å². The summed E-state index contributed by atoms with van der Waals surface area (Å²) in [4.78, 5) is 60.9. The fourth-order valence-corrected chi connectivity index (χ4v) is 3.44. The van der Waals surface area contributed by atoms with Gasteiger partial charge in [0.1, 0.15) is 0 Å². The highest BCUT2D eigenvalue weighted by Gasteiger charge is 2.56. The summed E-state index contributed by atoms with van der Waals surface area (Å²) >= 11 is 0. The zero-order valence-corrected chi connectivity index (χ0v) is 16.6. The number of nitrogens with zero attached hydrogens (tertiary/aromatic N) is 1. The van der Waals surface area contributed by atoms with Crippen LogP contribution in [0, 0.1) is 22.0 Å². The summed E-state index contributed by atoms with van der Waals surface area (Å²) in [6.07, 6.45) is 0. The average Bonchev–Trinajstić information content (AvgIpc) is 2.57. The summed E-state index contributed by atoms with van der Waals surface area (Å²) in [5.41, 5.74) is -0.139.